The van der Waals surface area contributed by atoms with Gasteiger partial charge in [-0.1, -0.05) is 96.6 Å². The van der Waals surface area contributed by atoms with E-state index in [0.29, 0.717) is 0 Å². The highest BCUT2D eigenvalue weighted by atomic mass is 16.5. The Morgan fingerprint density at radius 3 is 2.05 bits per heavy atom. The number of aryl methyl sites for hydroxylation is 3. The van der Waals surface area contributed by atoms with E-state index in [1.165, 1.54) is 62.7 Å². The molecule has 2 heteroatoms. The van der Waals surface area contributed by atoms with Crippen LogP contribution in [0.15, 0.2) is 127 Å². The van der Waals surface area contributed by atoms with Crippen LogP contribution in [0.2, 0.25) is 0 Å². The van der Waals surface area contributed by atoms with E-state index in [1.807, 2.05) is 0 Å². The third kappa shape index (κ3) is 5.73. The second-order valence-electron chi connectivity index (χ2n) is 12.0. The maximum atomic E-state index is 6.35. The first-order valence-electron chi connectivity index (χ1n) is 15.9. The number of nitrogens with zero attached hydrogens (tertiary/aromatic N) is 1. The SMILES string of the molecule is Cc1ccc(-c2ccc(-c3ccc(N(C)c4ccccc4)cc3)c3ccc(OCCCCc4cccc5c4CC5)cc23)cc1. The zero-order valence-corrected chi connectivity index (χ0v) is 25.7. The van der Waals surface area contributed by atoms with E-state index in [9.17, 15) is 0 Å². The molecule has 1 aliphatic carbocycles. The first-order chi connectivity index (χ1) is 21.6. The summed E-state index contributed by atoms with van der Waals surface area (Å²) in [4.78, 5) is 2.22. The normalized spacial score (nSPS) is 12.0. The van der Waals surface area contributed by atoms with Crippen LogP contribution in [-0.2, 0) is 19.3 Å². The number of anilines is 2. The second kappa shape index (κ2) is 12.4. The molecule has 0 aliphatic heterocycles. The minimum absolute atomic E-state index is 0.733. The first-order valence-corrected chi connectivity index (χ1v) is 15.9. The van der Waals surface area contributed by atoms with E-state index >= 15 is 0 Å². The van der Waals surface area contributed by atoms with Crippen LogP contribution in [-0.4, -0.2) is 13.7 Å². The molecule has 0 spiro atoms. The summed E-state index contributed by atoms with van der Waals surface area (Å²) in [6.07, 6.45) is 5.84. The molecule has 1 aliphatic rings. The minimum atomic E-state index is 0.733. The summed E-state index contributed by atoms with van der Waals surface area (Å²) in [5.74, 6) is 0.937. The van der Waals surface area contributed by atoms with Crippen molar-refractivity contribution in [2.24, 2.45) is 0 Å². The van der Waals surface area contributed by atoms with Crippen molar-refractivity contribution in [3.63, 3.8) is 0 Å². The zero-order valence-electron chi connectivity index (χ0n) is 25.7. The molecule has 0 bridgehead atoms. The Morgan fingerprint density at radius 1 is 0.614 bits per heavy atom. The van der Waals surface area contributed by atoms with Crippen LogP contribution in [0.25, 0.3) is 33.0 Å². The fraction of sp³-hybridized carbons (Fsp3) is 0.190. The lowest BCUT2D eigenvalue weighted by Crippen LogP contribution is -2.11. The average molecular weight is 574 g/mol. The molecule has 0 amide bonds. The molecule has 218 valence electrons. The van der Waals surface area contributed by atoms with Crippen LogP contribution < -0.4 is 9.64 Å². The van der Waals surface area contributed by atoms with Gasteiger partial charge in [-0.2, -0.15) is 0 Å². The average Bonchev–Trinajstić information content (AvgIpc) is 3.05. The second-order valence-corrected chi connectivity index (χ2v) is 12.0. The van der Waals surface area contributed by atoms with Crippen LogP contribution in [0.4, 0.5) is 11.4 Å². The standard InChI is InChI=1S/C42H39NO/c1-30-14-16-33(17-15-30)40-27-26-39(34-18-21-36(22-19-34)43(2)35-12-4-3-5-13-35)41-25-23-37(29-42(40)41)44-28-7-6-9-31-10-8-11-32-20-24-38(31)32/h3-5,8,10-19,21-23,25-27,29H,6-7,9,20,24,28H2,1-2H3. The molecule has 0 radical (unpaired) electrons. The molecule has 7 rings (SSSR count). The lowest BCUT2D eigenvalue weighted by Gasteiger charge is -2.22. The fourth-order valence-corrected chi connectivity index (χ4v) is 6.49. The van der Waals surface area contributed by atoms with Gasteiger partial charge in [0.1, 0.15) is 5.75 Å². The summed E-state index contributed by atoms with van der Waals surface area (Å²) in [6, 6.07) is 46.2. The maximum absolute atomic E-state index is 6.35. The number of hydrogen-bond donors (Lipinski definition) is 0. The monoisotopic (exact) mass is 573 g/mol. The van der Waals surface area contributed by atoms with E-state index in [2.05, 4.69) is 146 Å². The van der Waals surface area contributed by atoms with E-state index in [1.54, 1.807) is 11.1 Å². The Bertz CT molecular complexity index is 1890. The number of hydrogen-bond acceptors (Lipinski definition) is 2. The molecule has 0 aromatic heterocycles. The van der Waals surface area contributed by atoms with Crippen molar-refractivity contribution in [3.05, 3.63) is 150 Å². The van der Waals surface area contributed by atoms with Crippen LogP contribution in [0, 0.1) is 6.92 Å². The quantitative estimate of drug-likeness (QED) is 0.151. The molecule has 0 N–H and O–H groups in total. The van der Waals surface area contributed by atoms with Gasteiger partial charge >= 0.3 is 0 Å². The van der Waals surface area contributed by atoms with Crippen molar-refractivity contribution < 1.29 is 4.74 Å². The number of rotatable bonds is 10. The Balaban J connectivity index is 1.13. The van der Waals surface area contributed by atoms with Gasteiger partial charge in [-0.3, -0.25) is 0 Å². The van der Waals surface area contributed by atoms with E-state index in [0.717, 1.165) is 37.3 Å². The Hall–Kier alpha value is -4.82. The van der Waals surface area contributed by atoms with Crippen molar-refractivity contribution in [2.75, 3.05) is 18.6 Å². The van der Waals surface area contributed by atoms with Crippen LogP contribution >= 0.6 is 0 Å². The molecule has 0 saturated carbocycles. The molecular weight excluding hydrogens is 534 g/mol. The third-order valence-corrected chi connectivity index (χ3v) is 9.18. The van der Waals surface area contributed by atoms with Gasteiger partial charge in [-0.15, -0.1) is 0 Å². The van der Waals surface area contributed by atoms with Crippen molar-refractivity contribution in [3.8, 4) is 28.0 Å². The summed E-state index contributed by atoms with van der Waals surface area (Å²) >= 11 is 0. The van der Waals surface area contributed by atoms with Gasteiger partial charge in [0.25, 0.3) is 0 Å². The highest BCUT2D eigenvalue weighted by molar-refractivity contribution is 6.05. The molecule has 0 fully saturated rings. The number of ether oxygens (including phenoxy) is 1. The van der Waals surface area contributed by atoms with Gasteiger partial charge in [-0.25, -0.2) is 0 Å². The van der Waals surface area contributed by atoms with Gasteiger partial charge < -0.3 is 9.64 Å². The number of fused-ring (bicyclic) bond motifs is 2. The van der Waals surface area contributed by atoms with Gasteiger partial charge in [0.2, 0.25) is 0 Å². The van der Waals surface area contributed by atoms with E-state index in [4.69, 9.17) is 4.74 Å². The third-order valence-electron chi connectivity index (χ3n) is 9.18. The molecule has 6 aromatic carbocycles. The van der Waals surface area contributed by atoms with E-state index in [-0.39, 0.29) is 0 Å². The van der Waals surface area contributed by atoms with Crippen molar-refractivity contribution >= 4 is 22.1 Å². The topological polar surface area (TPSA) is 12.5 Å². The number of para-hydroxylation sites is 1. The molecule has 6 aromatic rings. The van der Waals surface area contributed by atoms with Crippen molar-refractivity contribution in [1.82, 2.24) is 0 Å². The maximum Gasteiger partial charge on any atom is 0.119 e. The van der Waals surface area contributed by atoms with Gasteiger partial charge in [0, 0.05) is 18.4 Å². The largest absolute Gasteiger partial charge is 0.494 e. The molecule has 2 nitrogen and oxygen atoms in total. The highest BCUT2D eigenvalue weighted by Crippen LogP contribution is 2.38. The highest BCUT2D eigenvalue weighted by Gasteiger charge is 2.16. The van der Waals surface area contributed by atoms with Crippen molar-refractivity contribution in [2.45, 2.75) is 39.0 Å². The van der Waals surface area contributed by atoms with Crippen LogP contribution in [0.3, 0.4) is 0 Å². The van der Waals surface area contributed by atoms with Crippen molar-refractivity contribution in [1.29, 1.82) is 0 Å². The first kappa shape index (κ1) is 28.0. The number of unbranched alkanes of at least 4 members (excludes halogenated alkanes) is 1. The van der Waals surface area contributed by atoms with Gasteiger partial charge in [0.05, 0.1) is 6.61 Å². The number of benzene rings is 6. The minimum Gasteiger partial charge on any atom is -0.494 e. The lowest BCUT2D eigenvalue weighted by molar-refractivity contribution is 0.307. The molecule has 0 saturated heterocycles. The van der Waals surface area contributed by atoms with Crippen LogP contribution in [0.5, 0.6) is 5.75 Å². The van der Waals surface area contributed by atoms with E-state index < -0.39 is 0 Å². The summed E-state index contributed by atoms with van der Waals surface area (Å²) < 4.78 is 6.35. The lowest BCUT2D eigenvalue weighted by atomic mass is 9.83. The summed E-state index contributed by atoms with van der Waals surface area (Å²) in [5.41, 5.74) is 13.2. The van der Waals surface area contributed by atoms with Gasteiger partial charge in [0.15, 0.2) is 0 Å². The predicted octanol–water partition coefficient (Wildman–Crippen LogP) is 10.8. The molecule has 0 heterocycles. The predicted molar refractivity (Wildman–Crippen MR) is 186 cm³/mol. The summed E-state index contributed by atoms with van der Waals surface area (Å²) in [5, 5.41) is 2.46. The molecule has 44 heavy (non-hydrogen) atoms. The fourth-order valence-electron chi connectivity index (χ4n) is 6.49. The Labute approximate surface area is 261 Å². The molecular formula is C42H39NO. The Morgan fingerprint density at radius 2 is 1.32 bits per heavy atom. The Kier molecular flexibility index (Phi) is 7.90. The summed E-state index contributed by atoms with van der Waals surface area (Å²) in [7, 11) is 2.12. The molecule has 0 atom stereocenters. The smallest absolute Gasteiger partial charge is 0.119 e. The summed E-state index contributed by atoms with van der Waals surface area (Å²) in [6.45, 7) is 2.87. The zero-order chi connectivity index (χ0) is 29.9. The molecule has 0 unspecified atom stereocenters. The van der Waals surface area contributed by atoms with Gasteiger partial charge in [-0.05, 0) is 125 Å². The van der Waals surface area contributed by atoms with Crippen LogP contribution in [0.1, 0.15) is 35.1 Å².